The average molecular weight is 252 g/mol. The minimum atomic E-state index is -0.621. The van der Waals surface area contributed by atoms with E-state index in [1.807, 2.05) is 6.92 Å². The Hall–Kier alpha value is -2.24. The Morgan fingerprint density at radius 1 is 1.39 bits per heavy atom. The predicted octanol–water partition coefficient (Wildman–Crippen LogP) is 1.78. The van der Waals surface area contributed by atoms with Gasteiger partial charge >= 0.3 is 6.09 Å². The minimum Gasteiger partial charge on any atom is -0.493 e. The van der Waals surface area contributed by atoms with Crippen LogP contribution in [0.1, 0.15) is 12.5 Å². The molecule has 0 unspecified atom stereocenters. The zero-order valence-electron chi connectivity index (χ0n) is 10.6. The number of carbonyl (C=O) groups excluding carboxylic acids is 1. The molecule has 18 heavy (non-hydrogen) atoms. The van der Waals surface area contributed by atoms with Gasteiger partial charge in [-0.15, -0.1) is 0 Å². The van der Waals surface area contributed by atoms with E-state index in [2.05, 4.69) is 15.3 Å². The zero-order valence-corrected chi connectivity index (χ0v) is 10.6. The number of ether oxygens (including phenoxy) is 3. The van der Waals surface area contributed by atoms with Crippen molar-refractivity contribution in [3.63, 3.8) is 0 Å². The molecule has 0 spiro atoms. The molecular weight excluding hydrogens is 236 g/mol. The van der Waals surface area contributed by atoms with Crippen LogP contribution < -0.4 is 14.9 Å². The van der Waals surface area contributed by atoms with Gasteiger partial charge in [-0.3, -0.25) is 0 Å². The summed E-state index contributed by atoms with van der Waals surface area (Å²) in [6, 6.07) is 5.34. The summed E-state index contributed by atoms with van der Waals surface area (Å²) in [5.41, 5.74) is 2.96. The second-order valence-electron chi connectivity index (χ2n) is 3.20. The van der Waals surface area contributed by atoms with Gasteiger partial charge in [0.15, 0.2) is 11.5 Å². The molecule has 1 rings (SSSR count). The average Bonchev–Trinajstić information content (AvgIpc) is 2.40. The summed E-state index contributed by atoms with van der Waals surface area (Å²) >= 11 is 0. The highest BCUT2D eigenvalue weighted by molar-refractivity contribution is 5.82. The Bertz CT molecular complexity index is 432. The van der Waals surface area contributed by atoms with Gasteiger partial charge in [0.25, 0.3) is 0 Å². The molecule has 0 fully saturated rings. The Morgan fingerprint density at radius 3 is 2.78 bits per heavy atom. The monoisotopic (exact) mass is 252 g/mol. The molecule has 0 saturated heterocycles. The first-order valence-corrected chi connectivity index (χ1v) is 5.39. The van der Waals surface area contributed by atoms with Crippen molar-refractivity contribution >= 4 is 12.3 Å². The number of amides is 1. The highest BCUT2D eigenvalue weighted by Gasteiger charge is 2.04. The Morgan fingerprint density at radius 2 is 2.17 bits per heavy atom. The third-order valence-corrected chi connectivity index (χ3v) is 2.04. The maximum absolute atomic E-state index is 10.8. The summed E-state index contributed by atoms with van der Waals surface area (Å²) in [6.45, 7) is 2.46. The van der Waals surface area contributed by atoms with E-state index < -0.39 is 6.09 Å². The van der Waals surface area contributed by atoms with Crippen LogP contribution in [0.3, 0.4) is 0 Å². The van der Waals surface area contributed by atoms with Crippen LogP contribution in [0, 0.1) is 0 Å². The molecule has 6 nitrogen and oxygen atoms in total. The van der Waals surface area contributed by atoms with Crippen LogP contribution in [0.25, 0.3) is 0 Å². The predicted molar refractivity (Wildman–Crippen MR) is 67.3 cm³/mol. The van der Waals surface area contributed by atoms with Crippen LogP contribution >= 0.6 is 0 Å². The van der Waals surface area contributed by atoms with Crippen molar-refractivity contribution in [3.8, 4) is 11.5 Å². The first-order valence-electron chi connectivity index (χ1n) is 5.39. The van der Waals surface area contributed by atoms with Gasteiger partial charge in [-0.05, 0) is 30.7 Å². The quantitative estimate of drug-likeness (QED) is 0.640. The lowest BCUT2D eigenvalue weighted by molar-refractivity contribution is 0.171. The van der Waals surface area contributed by atoms with Gasteiger partial charge < -0.3 is 14.2 Å². The Kier molecular flexibility index (Phi) is 5.50. The first-order chi connectivity index (χ1) is 8.71. The number of benzene rings is 1. The van der Waals surface area contributed by atoms with Gasteiger partial charge in [0.1, 0.15) is 0 Å². The SMILES string of the molecule is CCOc1ccc(C=NNC(=O)OC)cc1OC. The number of nitrogens with one attached hydrogen (secondary N) is 1. The van der Waals surface area contributed by atoms with E-state index in [1.54, 1.807) is 25.3 Å². The molecular formula is C12H16N2O4. The van der Waals surface area contributed by atoms with E-state index in [4.69, 9.17) is 9.47 Å². The fourth-order valence-corrected chi connectivity index (χ4v) is 1.24. The molecule has 1 aromatic carbocycles. The molecule has 0 aliphatic heterocycles. The summed E-state index contributed by atoms with van der Waals surface area (Å²) in [7, 11) is 2.83. The first kappa shape index (κ1) is 13.8. The third kappa shape index (κ3) is 3.97. The maximum atomic E-state index is 10.8. The summed E-state index contributed by atoms with van der Waals surface area (Å²) < 4.78 is 14.9. The Labute approximate surface area is 106 Å². The number of carbonyl (C=O) groups is 1. The number of nitrogens with zero attached hydrogens (tertiary/aromatic N) is 1. The highest BCUT2D eigenvalue weighted by Crippen LogP contribution is 2.27. The van der Waals surface area contributed by atoms with Crippen molar-refractivity contribution in [2.75, 3.05) is 20.8 Å². The number of methoxy groups -OCH3 is 2. The molecule has 0 radical (unpaired) electrons. The van der Waals surface area contributed by atoms with E-state index in [-0.39, 0.29) is 0 Å². The van der Waals surface area contributed by atoms with Crippen molar-refractivity contribution in [2.24, 2.45) is 5.10 Å². The van der Waals surface area contributed by atoms with E-state index in [1.165, 1.54) is 13.3 Å². The van der Waals surface area contributed by atoms with E-state index in [9.17, 15) is 4.79 Å². The smallest absolute Gasteiger partial charge is 0.427 e. The van der Waals surface area contributed by atoms with Crippen molar-refractivity contribution in [2.45, 2.75) is 6.92 Å². The molecule has 98 valence electrons. The van der Waals surface area contributed by atoms with Crippen molar-refractivity contribution < 1.29 is 19.0 Å². The van der Waals surface area contributed by atoms with Crippen LogP contribution in [0.4, 0.5) is 4.79 Å². The van der Waals surface area contributed by atoms with Gasteiger partial charge in [0.05, 0.1) is 27.0 Å². The topological polar surface area (TPSA) is 69.2 Å². The second kappa shape index (κ2) is 7.16. The second-order valence-corrected chi connectivity index (χ2v) is 3.20. The van der Waals surface area contributed by atoms with Crippen molar-refractivity contribution in [1.82, 2.24) is 5.43 Å². The minimum absolute atomic E-state index is 0.563. The van der Waals surface area contributed by atoms with Gasteiger partial charge in [0, 0.05) is 0 Å². The van der Waals surface area contributed by atoms with E-state index in [0.717, 1.165) is 5.56 Å². The lowest BCUT2D eigenvalue weighted by Crippen LogP contribution is -2.16. The van der Waals surface area contributed by atoms with Crippen LogP contribution in [0.5, 0.6) is 11.5 Å². The van der Waals surface area contributed by atoms with Gasteiger partial charge in [-0.2, -0.15) is 5.10 Å². The molecule has 0 aliphatic carbocycles. The molecule has 1 N–H and O–H groups in total. The molecule has 1 aromatic rings. The van der Waals surface area contributed by atoms with Gasteiger partial charge in [-0.1, -0.05) is 0 Å². The molecule has 1 amide bonds. The zero-order chi connectivity index (χ0) is 13.4. The molecule has 0 heterocycles. The molecule has 0 aliphatic rings. The Balaban J connectivity index is 2.75. The number of hydrogen-bond donors (Lipinski definition) is 1. The lowest BCUT2D eigenvalue weighted by Gasteiger charge is -2.09. The van der Waals surface area contributed by atoms with E-state index >= 15 is 0 Å². The summed E-state index contributed by atoms with van der Waals surface area (Å²) in [5, 5.41) is 3.72. The molecule has 0 atom stereocenters. The van der Waals surface area contributed by atoms with Crippen LogP contribution in [0.2, 0.25) is 0 Å². The van der Waals surface area contributed by atoms with Gasteiger partial charge in [0.2, 0.25) is 0 Å². The lowest BCUT2D eigenvalue weighted by atomic mass is 10.2. The molecule has 6 heteroatoms. The summed E-state index contributed by atoms with van der Waals surface area (Å²) in [5.74, 6) is 1.27. The number of hydrazone groups is 1. The summed E-state index contributed by atoms with van der Waals surface area (Å²) in [4.78, 5) is 10.8. The molecule has 0 aromatic heterocycles. The largest absolute Gasteiger partial charge is 0.493 e. The molecule has 0 bridgehead atoms. The summed E-state index contributed by atoms with van der Waals surface area (Å²) in [6.07, 6.45) is 0.860. The van der Waals surface area contributed by atoms with Crippen molar-refractivity contribution in [3.05, 3.63) is 23.8 Å². The number of hydrogen-bond acceptors (Lipinski definition) is 5. The number of rotatable bonds is 5. The third-order valence-electron chi connectivity index (χ3n) is 2.04. The fraction of sp³-hybridized carbons (Fsp3) is 0.333. The van der Waals surface area contributed by atoms with Crippen LogP contribution in [0.15, 0.2) is 23.3 Å². The van der Waals surface area contributed by atoms with Gasteiger partial charge in [-0.25, -0.2) is 10.2 Å². The standard InChI is InChI=1S/C12H16N2O4/c1-4-18-10-6-5-9(7-11(10)16-2)8-13-14-12(15)17-3/h5-8H,4H2,1-3H3,(H,14,15). The van der Waals surface area contributed by atoms with Crippen LogP contribution in [-0.2, 0) is 4.74 Å². The van der Waals surface area contributed by atoms with Crippen LogP contribution in [-0.4, -0.2) is 33.1 Å². The van der Waals surface area contributed by atoms with E-state index in [0.29, 0.717) is 18.1 Å². The normalized spacial score (nSPS) is 10.2. The molecule has 0 saturated carbocycles. The fourth-order valence-electron chi connectivity index (χ4n) is 1.24. The highest BCUT2D eigenvalue weighted by atomic mass is 16.5. The van der Waals surface area contributed by atoms with Crippen molar-refractivity contribution in [1.29, 1.82) is 0 Å². The maximum Gasteiger partial charge on any atom is 0.427 e.